The molecule has 0 radical (unpaired) electrons. The van der Waals surface area contributed by atoms with E-state index in [2.05, 4.69) is 12.2 Å². The lowest BCUT2D eigenvalue weighted by Crippen LogP contribution is -2.09. The Morgan fingerprint density at radius 3 is 2.83 bits per heavy atom. The first-order valence-electron chi connectivity index (χ1n) is 4.53. The standard InChI is InChI=1S/C10H16FN/c1-3-4-8-7-9(12-2)5-6-10(8)11/h7,12H,3-6H2,1-2H3. The van der Waals surface area contributed by atoms with E-state index >= 15 is 0 Å². The summed E-state index contributed by atoms with van der Waals surface area (Å²) < 4.78 is 13.2. The van der Waals surface area contributed by atoms with Gasteiger partial charge in [-0.2, -0.15) is 0 Å². The van der Waals surface area contributed by atoms with Crippen LogP contribution in [0.5, 0.6) is 0 Å². The van der Waals surface area contributed by atoms with Gasteiger partial charge < -0.3 is 5.32 Å². The summed E-state index contributed by atoms with van der Waals surface area (Å²) in [5.74, 6) is 0.0795. The van der Waals surface area contributed by atoms with Crippen LogP contribution in [-0.2, 0) is 0 Å². The van der Waals surface area contributed by atoms with E-state index < -0.39 is 0 Å². The summed E-state index contributed by atoms with van der Waals surface area (Å²) in [4.78, 5) is 0. The van der Waals surface area contributed by atoms with Crippen molar-refractivity contribution < 1.29 is 4.39 Å². The summed E-state index contributed by atoms with van der Waals surface area (Å²) in [6.45, 7) is 2.07. The van der Waals surface area contributed by atoms with Gasteiger partial charge in [0.05, 0.1) is 0 Å². The maximum absolute atomic E-state index is 13.2. The van der Waals surface area contributed by atoms with E-state index in [9.17, 15) is 4.39 Å². The molecule has 0 saturated carbocycles. The Hall–Kier alpha value is -0.790. The normalized spacial score (nSPS) is 17.8. The van der Waals surface area contributed by atoms with Crippen molar-refractivity contribution in [2.45, 2.75) is 32.6 Å². The van der Waals surface area contributed by atoms with E-state index in [1.54, 1.807) is 0 Å². The summed E-state index contributed by atoms with van der Waals surface area (Å²) >= 11 is 0. The van der Waals surface area contributed by atoms with Crippen molar-refractivity contribution in [3.63, 3.8) is 0 Å². The third-order valence-corrected chi connectivity index (χ3v) is 2.15. The molecule has 1 N–H and O–H groups in total. The fourth-order valence-corrected chi connectivity index (χ4v) is 1.44. The van der Waals surface area contributed by atoms with Crippen LogP contribution < -0.4 is 5.32 Å². The molecule has 0 unspecified atom stereocenters. The first-order chi connectivity index (χ1) is 5.77. The molecule has 0 aromatic rings. The zero-order valence-electron chi connectivity index (χ0n) is 7.78. The van der Waals surface area contributed by atoms with Crippen LogP contribution in [0.15, 0.2) is 23.2 Å². The molecule has 0 aromatic heterocycles. The van der Waals surface area contributed by atoms with Crippen molar-refractivity contribution in [1.29, 1.82) is 0 Å². The van der Waals surface area contributed by atoms with Crippen molar-refractivity contribution in [1.82, 2.24) is 5.32 Å². The van der Waals surface area contributed by atoms with Gasteiger partial charge in [0.15, 0.2) is 0 Å². The minimum absolute atomic E-state index is 0.0795. The smallest absolute Gasteiger partial charge is 0.104 e. The van der Waals surface area contributed by atoms with Gasteiger partial charge in [-0.25, -0.2) is 4.39 Å². The Bertz CT molecular complexity index is 216. The fourth-order valence-electron chi connectivity index (χ4n) is 1.44. The predicted octanol–water partition coefficient (Wildman–Crippen LogP) is 2.91. The third kappa shape index (κ3) is 2.10. The zero-order valence-corrected chi connectivity index (χ0v) is 7.78. The molecule has 68 valence electrons. The lowest BCUT2D eigenvalue weighted by molar-refractivity contribution is 0.557. The first-order valence-corrected chi connectivity index (χ1v) is 4.53. The SMILES string of the molecule is CCCC1=C(F)CCC(NC)=C1. The van der Waals surface area contributed by atoms with Gasteiger partial charge in [0.2, 0.25) is 0 Å². The number of rotatable bonds is 3. The highest BCUT2D eigenvalue weighted by atomic mass is 19.1. The van der Waals surface area contributed by atoms with E-state index in [0.717, 1.165) is 30.5 Å². The Kier molecular flexibility index (Phi) is 3.32. The van der Waals surface area contributed by atoms with Crippen LogP contribution in [0.1, 0.15) is 32.6 Å². The number of allylic oxidation sites excluding steroid dienone is 4. The van der Waals surface area contributed by atoms with E-state index in [1.807, 2.05) is 13.1 Å². The summed E-state index contributed by atoms with van der Waals surface area (Å²) in [5.41, 5.74) is 2.04. The van der Waals surface area contributed by atoms with E-state index in [1.165, 1.54) is 0 Å². The van der Waals surface area contributed by atoms with Crippen LogP contribution in [0.2, 0.25) is 0 Å². The van der Waals surface area contributed by atoms with Gasteiger partial charge in [-0.05, 0) is 24.5 Å². The van der Waals surface area contributed by atoms with Gasteiger partial charge in [0, 0.05) is 19.2 Å². The average Bonchev–Trinajstić information content (AvgIpc) is 2.09. The molecule has 1 aliphatic carbocycles. The quantitative estimate of drug-likeness (QED) is 0.685. The Morgan fingerprint density at radius 2 is 2.25 bits per heavy atom. The van der Waals surface area contributed by atoms with Gasteiger partial charge in [-0.15, -0.1) is 0 Å². The number of halogens is 1. The van der Waals surface area contributed by atoms with Gasteiger partial charge in [-0.3, -0.25) is 0 Å². The Morgan fingerprint density at radius 1 is 1.50 bits per heavy atom. The number of hydrogen-bond donors (Lipinski definition) is 1. The van der Waals surface area contributed by atoms with E-state index in [-0.39, 0.29) is 5.83 Å². The van der Waals surface area contributed by atoms with E-state index in [0.29, 0.717) is 6.42 Å². The van der Waals surface area contributed by atoms with Crippen LogP contribution in [0.3, 0.4) is 0 Å². The minimum atomic E-state index is 0.0795. The highest BCUT2D eigenvalue weighted by molar-refractivity contribution is 5.29. The van der Waals surface area contributed by atoms with Gasteiger partial charge in [0.1, 0.15) is 5.83 Å². The molecule has 0 saturated heterocycles. The van der Waals surface area contributed by atoms with Crippen LogP contribution in [0, 0.1) is 0 Å². The van der Waals surface area contributed by atoms with Crippen LogP contribution in [0.25, 0.3) is 0 Å². The van der Waals surface area contributed by atoms with Crippen molar-refractivity contribution in [3.05, 3.63) is 23.2 Å². The molecular formula is C10H16FN. The first kappa shape index (κ1) is 9.30. The largest absolute Gasteiger partial charge is 0.391 e. The van der Waals surface area contributed by atoms with Crippen molar-refractivity contribution in [2.75, 3.05) is 7.05 Å². The van der Waals surface area contributed by atoms with Crippen molar-refractivity contribution in [2.24, 2.45) is 0 Å². The van der Waals surface area contributed by atoms with Gasteiger partial charge in [-0.1, -0.05) is 13.3 Å². The molecule has 0 aliphatic heterocycles. The van der Waals surface area contributed by atoms with Crippen molar-refractivity contribution in [3.8, 4) is 0 Å². The minimum Gasteiger partial charge on any atom is -0.391 e. The number of nitrogens with one attached hydrogen (secondary N) is 1. The molecule has 0 atom stereocenters. The molecule has 0 aromatic carbocycles. The predicted molar refractivity (Wildman–Crippen MR) is 49.4 cm³/mol. The molecular weight excluding hydrogens is 153 g/mol. The monoisotopic (exact) mass is 169 g/mol. The van der Waals surface area contributed by atoms with Gasteiger partial charge >= 0.3 is 0 Å². The van der Waals surface area contributed by atoms with Gasteiger partial charge in [0.25, 0.3) is 0 Å². The number of hydrogen-bond acceptors (Lipinski definition) is 1. The molecule has 12 heavy (non-hydrogen) atoms. The molecule has 0 amide bonds. The lowest BCUT2D eigenvalue weighted by Gasteiger charge is -2.14. The highest BCUT2D eigenvalue weighted by Gasteiger charge is 2.11. The Balaban J connectivity index is 2.72. The fraction of sp³-hybridized carbons (Fsp3) is 0.600. The average molecular weight is 169 g/mol. The molecule has 0 heterocycles. The van der Waals surface area contributed by atoms with Crippen LogP contribution in [-0.4, -0.2) is 7.05 Å². The molecule has 0 bridgehead atoms. The molecule has 0 spiro atoms. The maximum Gasteiger partial charge on any atom is 0.104 e. The zero-order chi connectivity index (χ0) is 8.97. The molecule has 1 rings (SSSR count). The molecule has 2 heteroatoms. The summed E-state index contributed by atoms with van der Waals surface area (Å²) in [7, 11) is 1.89. The van der Waals surface area contributed by atoms with Crippen molar-refractivity contribution >= 4 is 0 Å². The topological polar surface area (TPSA) is 12.0 Å². The second-order valence-electron chi connectivity index (χ2n) is 3.10. The second kappa shape index (κ2) is 4.29. The lowest BCUT2D eigenvalue weighted by atomic mass is 10.00. The third-order valence-electron chi connectivity index (χ3n) is 2.15. The van der Waals surface area contributed by atoms with Crippen LogP contribution >= 0.6 is 0 Å². The summed E-state index contributed by atoms with van der Waals surface area (Å²) in [5, 5.41) is 3.07. The summed E-state index contributed by atoms with van der Waals surface area (Å²) in [6, 6.07) is 0. The summed E-state index contributed by atoms with van der Waals surface area (Å²) in [6.07, 6.45) is 5.20. The van der Waals surface area contributed by atoms with Crippen LogP contribution in [0.4, 0.5) is 4.39 Å². The molecule has 1 nitrogen and oxygen atoms in total. The maximum atomic E-state index is 13.2. The van der Waals surface area contributed by atoms with E-state index in [4.69, 9.17) is 0 Å². The Labute approximate surface area is 73.4 Å². The molecule has 0 fully saturated rings. The second-order valence-corrected chi connectivity index (χ2v) is 3.10. The molecule has 1 aliphatic rings. The highest BCUT2D eigenvalue weighted by Crippen LogP contribution is 2.26.